The highest BCUT2D eigenvalue weighted by molar-refractivity contribution is 7.07. The van der Waals surface area contributed by atoms with Crippen LogP contribution >= 0.6 is 11.3 Å². The first-order valence-corrected chi connectivity index (χ1v) is 9.79. The smallest absolute Gasteiger partial charge is 0.220 e. The Morgan fingerprint density at radius 1 is 1.23 bits per heavy atom. The van der Waals surface area contributed by atoms with E-state index in [2.05, 4.69) is 15.6 Å². The third kappa shape index (κ3) is 8.11. The first kappa shape index (κ1) is 19.9. The molecule has 0 saturated carbocycles. The molecule has 6 nitrogen and oxygen atoms in total. The summed E-state index contributed by atoms with van der Waals surface area (Å²) in [7, 11) is 0. The van der Waals surface area contributed by atoms with Gasteiger partial charge in [0.15, 0.2) is 0 Å². The fourth-order valence-corrected chi connectivity index (χ4v) is 3.03. The lowest BCUT2D eigenvalue weighted by molar-refractivity contribution is -0.121. The van der Waals surface area contributed by atoms with Gasteiger partial charge in [0.25, 0.3) is 0 Å². The van der Waals surface area contributed by atoms with E-state index in [0.29, 0.717) is 25.9 Å². The van der Waals surface area contributed by atoms with Crippen molar-refractivity contribution in [2.75, 3.05) is 18.5 Å². The Hall–Kier alpha value is -2.41. The second-order valence-corrected chi connectivity index (χ2v) is 6.60. The van der Waals surface area contributed by atoms with E-state index >= 15 is 0 Å². The molecule has 2 N–H and O–H groups in total. The van der Waals surface area contributed by atoms with Crippen LogP contribution in [0.15, 0.2) is 35.2 Å². The normalized spacial score (nSPS) is 10.3. The van der Waals surface area contributed by atoms with Crippen molar-refractivity contribution in [3.63, 3.8) is 0 Å². The number of ether oxygens (including phenoxy) is 1. The van der Waals surface area contributed by atoms with Crippen LogP contribution in [0.1, 0.15) is 37.8 Å². The molecule has 2 amide bonds. The van der Waals surface area contributed by atoms with Gasteiger partial charge in [-0.1, -0.05) is 18.9 Å². The number of aromatic nitrogens is 1. The summed E-state index contributed by atoms with van der Waals surface area (Å²) in [6.45, 7) is 1.36. The average molecular weight is 375 g/mol. The Bertz CT molecular complexity index is 662. The van der Waals surface area contributed by atoms with Crippen LogP contribution in [0.25, 0.3) is 0 Å². The van der Waals surface area contributed by atoms with E-state index in [1.54, 1.807) is 22.9 Å². The van der Waals surface area contributed by atoms with Crippen LogP contribution in [0.5, 0.6) is 5.75 Å². The Kier molecular flexibility index (Phi) is 9.21. The molecule has 0 saturated heterocycles. The Morgan fingerprint density at radius 2 is 2.12 bits per heavy atom. The fourth-order valence-electron chi connectivity index (χ4n) is 2.43. The molecule has 0 aliphatic carbocycles. The number of nitrogens with zero attached hydrogens (tertiary/aromatic N) is 1. The summed E-state index contributed by atoms with van der Waals surface area (Å²) >= 11 is 1.55. The zero-order valence-electron chi connectivity index (χ0n) is 14.8. The molecule has 7 heteroatoms. The number of carbonyl (C=O) groups excluding carboxylic acids is 2. The van der Waals surface area contributed by atoms with Crippen molar-refractivity contribution in [3.8, 4) is 5.75 Å². The van der Waals surface area contributed by atoms with E-state index in [1.165, 1.54) is 0 Å². The number of nitrogens with one attached hydrogen (secondary N) is 2. The van der Waals surface area contributed by atoms with Crippen LogP contribution in [0, 0.1) is 0 Å². The summed E-state index contributed by atoms with van der Waals surface area (Å²) in [5.41, 5.74) is 3.50. The van der Waals surface area contributed by atoms with Gasteiger partial charge in [0, 0.05) is 30.1 Å². The maximum Gasteiger partial charge on any atom is 0.220 e. The average Bonchev–Trinajstić information content (AvgIpc) is 3.16. The van der Waals surface area contributed by atoms with E-state index in [-0.39, 0.29) is 5.91 Å². The maximum atomic E-state index is 11.7. The van der Waals surface area contributed by atoms with Gasteiger partial charge in [-0.25, -0.2) is 4.98 Å². The molecule has 0 aliphatic rings. The molecule has 0 radical (unpaired) electrons. The fraction of sp³-hybridized carbons (Fsp3) is 0.421. The van der Waals surface area contributed by atoms with E-state index < -0.39 is 0 Å². The molecule has 0 spiro atoms. The Morgan fingerprint density at radius 3 is 2.92 bits per heavy atom. The number of hydrogen-bond donors (Lipinski definition) is 2. The molecule has 140 valence electrons. The lowest BCUT2D eigenvalue weighted by Crippen LogP contribution is -2.24. The topological polar surface area (TPSA) is 80.3 Å². The largest absolute Gasteiger partial charge is 0.494 e. The van der Waals surface area contributed by atoms with Gasteiger partial charge >= 0.3 is 0 Å². The quantitative estimate of drug-likeness (QED) is 0.415. The molecule has 0 fully saturated rings. The minimum Gasteiger partial charge on any atom is -0.494 e. The number of benzene rings is 1. The van der Waals surface area contributed by atoms with Crippen molar-refractivity contribution < 1.29 is 14.3 Å². The summed E-state index contributed by atoms with van der Waals surface area (Å²) in [6, 6.07) is 7.33. The summed E-state index contributed by atoms with van der Waals surface area (Å²) in [6.07, 6.45) is 5.90. The SMILES string of the molecule is O=CNc1cccc(OCCCCCCNC(=O)CCc2cscn2)c1. The number of rotatable bonds is 13. The highest BCUT2D eigenvalue weighted by Gasteiger charge is 2.03. The molecule has 1 aromatic carbocycles. The molecule has 0 atom stereocenters. The molecule has 0 unspecified atom stereocenters. The maximum absolute atomic E-state index is 11.7. The lowest BCUT2D eigenvalue weighted by Gasteiger charge is -2.08. The minimum absolute atomic E-state index is 0.0881. The van der Waals surface area contributed by atoms with Gasteiger partial charge in [-0.05, 0) is 31.4 Å². The highest BCUT2D eigenvalue weighted by Crippen LogP contribution is 2.17. The minimum atomic E-state index is 0.0881. The lowest BCUT2D eigenvalue weighted by atomic mass is 10.2. The van der Waals surface area contributed by atoms with Crippen molar-refractivity contribution in [2.24, 2.45) is 0 Å². The van der Waals surface area contributed by atoms with E-state index in [4.69, 9.17) is 4.74 Å². The number of amides is 2. The predicted molar refractivity (Wildman–Crippen MR) is 104 cm³/mol. The van der Waals surface area contributed by atoms with Crippen molar-refractivity contribution >= 4 is 29.3 Å². The molecule has 0 bridgehead atoms. The first-order valence-electron chi connectivity index (χ1n) is 8.85. The predicted octanol–water partition coefficient (Wildman–Crippen LogP) is 3.40. The second-order valence-electron chi connectivity index (χ2n) is 5.88. The summed E-state index contributed by atoms with van der Waals surface area (Å²) in [5.74, 6) is 0.842. The van der Waals surface area contributed by atoms with Gasteiger partial charge in [0.1, 0.15) is 5.75 Å². The molecular weight excluding hydrogens is 350 g/mol. The zero-order valence-corrected chi connectivity index (χ0v) is 15.6. The zero-order chi connectivity index (χ0) is 18.5. The molecule has 1 aromatic heterocycles. The van der Waals surface area contributed by atoms with Crippen molar-refractivity contribution in [3.05, 3.63) is 40.8 Å². The third-order valence-electron chi connectivity index (χ3n) is 3.81. The number of thiazole rings is 1. The van der Waals surface area contributed by atoms with E-state index in [1.807, 2.05) is 23.6 Å². The molecule has 2 rings (SSSR count). The van der Waals surface area contributed by atoms with Crippen molar-refractivity contribution in [1.29, 1.82) is 0 Å². The van der Waals surface area contributed by atoms with Gasteiger partial charge < -0.3 is 15.4 Å². The highest BCUT2D eigenvalue weighted by atomic mass is 32.1. The molecule has 1 heterocycles. The molecule has 26 heavy (non-hydrogen) atoms. The van der Waals surface area contributed by atoms with Crippen molar-refractivity contribution in [2.45, 2.75) is 38.5 Å². The number of hydrogen-bond acceptors (Lipinski definition) is 5. The summed E-state index contributed by atoms with van der Waals surface area (Å²) in [4.78, 5) is 26.3. The Balaban J connectivity index is 1.45. The van der Waals surface area contributed by atoms with Gasteiger partial charge in [-0.2, -0.15) is 0 Å². The number of aryl methyl sites for hydroxylation is 1. The standard InChI is InChI=1S/C19H25N3O3S/c23-14-21-16-6-5-7-18(12-16)25-11-4-2-1-3-10-20-19(24)9-8-17-13-26-15-22-17/h5-7,12-15H,1-4,8-11H2,(H,20,24)(H,21,23). The van der Waals surface area contributed by atoms with Gasteiger partial charge in [-0.3, -0.25) is 9.59 Å². The number of unbranched alkanes of at least 4 members (excludes halogenated alkanes) is 3. The monoisotopic (exact) mass is 375 g/mol. The van der Waals surface area contributed by atoms with E-state index in [0.717, 1.165) is 49.4 Å². The van der Waals surface area contributed by atoms with Crippen LogP contribution < -0.4 is 15.4 Å². The number of anilines is 1. The van der Waals surface area contributed by atoms with Crippen LogP contribution in [0.2, 0.25) is 0 Å². The molecule has 2 aromatic rings. The van der Waals surface area contributed by atoms with Crippen LogP contribution in [0.3, 0.4) is 0 Å². The van der Waals surface area contributed by atoms with Crippen molar-refractivity contribution in [1.82, 2.24) is 10.3 Å². The summed E-state index contributed by atoms with van der Waals surface area (Å²) < 4.78 is 5.67. The summed E-state index contributed by atoms with van der Waals surface area (Å²) in [5, 5.41) is 7.53. The van der Waals surface area contributed by atoms with Gasteiger partial charge in [0.2, 0.25) is 12.3 Å². The van der Waals surface area contributed by atoms with E-state index in [9.17, 15) is 9.59 Å². The molecule has 0 aliphatic heterocycles. The van der Waals surface area contributed by atoms with Gasteiger partial charge in [0.05, 0.1) is 17.8 Å². The Labute approximate surface area is 158 Å². The van der Waals surface area contributed by atoms with Crippen LogP contribution in [-0.4, -0.2) is 30.5 Å². The molecular formula is C19H25N3O3S. The van der Waals surface area contributed by atoms with Crippen LogP contribution in [-0.2, 0) is 16.0 Å². The first-order chi connectivity index (χ1) is 12.8. The number of carbonyl (C=O) groups is 2. The van der Waals surface area contributed by atoms with Gasteiger partial charge in [-0.15, -0.1) is 11.3 Å². The third-order valence-corrected chi connectivity index (χ3v) is 4.45. The second kappa shape index (κ2) is 12.0. The van der Waals surface area contributed by atoms with Crippen LogP contribution in [0.4, 0.5) is 5.69 Å².